The Bertz CT molecular complexity index is 817. The Balaban J connectivity index is 1.73. The SMILES string of the molecule is CN(C(=O)c1cccc(NC(=O)C2CCCCC2(C)N)c1)c1ccccc1. The third kappa shape index (κ3) is 4.37. The molecule has 1 saturated carbocycles. The minimum absolute atomic E-state index is 0.0688. The fourth-order valence-corrected chi connectivity index (χ4v) is 3.71. The van der Waals surface area contributed by atoms with Crippen molar-refractivity contribution >= 4 is 23.2 Å². The Hall–Kier alpha value is -2.66. The summed E-state index contributed by atoms with van der Waals surface area (Å²) in [5.41, 5.74) is 7.82. The van der Waals surface area contributed by atoms with Crippen molar-refractivity contribution in [2.45, 2.75) is 38.1 Å². The van der Waals surface area contributed by atoms with E-state index >= 15 is 0 Å². The summed E-state index contributed by atoms with van der Waals surface area (Å²) in [5.74, 6) is -0.406. The van der Waals surface area contributed by atoms with Crippen LogP contribution >= 0.6 is 0 Å². The molecule has 0 aromatic heterocycles. The molecule has 0 radical (unpaired) electrons. The number of rotatable bonds is 4. The first-order chi connectivity index (χ1) is 12.9. The zero-order chi connectivity index (χ0) is 19.4. The summed E-state index contributed by atoms with van der Waals surface area (Å²) in [6, 6.07) is 16.5. The van der Waals surface area contributed by atoms with Crippen molar-refractivity contribution in [1.82, 2.24) is 0 Å². The van der Waals surface area contributed by atoms with Crippen LogP contribution in [0.25, 0.3) is 0 Å². The van der Waals surface area contributed by atoms with Gasteiger partial charge in [0.2, 0.25) is 5.91 Å². The average Bonchev–Trinajstić information content (AvgIpc) is 2.67. The highest BCUT2D eigenvalue weighted by atomic mass is 16.2. The fourth-order valence-electron chi connectivity index (χ4n) is 3.71. The van der Waals surface area contributed by atoms with E-state index in [4.69, 9.17) is 5.73 Å². The van der Waals surface area contributed by atoms with E-state index in [9.17, 15) is 9.59 Å². The molecular formula is C22H27N3O2. The van der Waals surface area contributed by atoms with E-state index in [0.29, 0.717) is 11.3 Å². The lowest BCUT2D eigenvalue weighted by atomic mass is 9.74. The number of anilines is 2. The summed E-state index contributed by atoms with van der Waals surface area (Å²) in [4.78, 5) is 27.1. The summed E-state index contributed by atoms with van der Waals surface area (Å²) in [6.45, 7) is 1.95. The molecule has 0 saturated heterocycles. The van der Waals surface area contributed by atoms with Crippen LogP contribution < -0.4 is 16.0 Å². The Morgan fingerprint density at radius 1 is 1.11 bits per heavy atom. The van der Waals surface area contributed by atoms with Gasteiger partial charge in [0.15, 0.2) is 0 Å². The largest absolute Gasteiger partial charge is 0.326 e. The third-order valence-corrected chi connectivity index (χ3v) is 5.40. The van der Waals surface area contributed by atoms with Crippen LogP contribution in [0, 0.1) is 5.92 Å². The monoisotopic (exact) mass is 365 g/mol. The van der Waals surface area contributed by atoms with Crippen LogP contribution in [-0.2, 0) is 4.79 Å². The van der Waals surface area contributed by atoms with Gasteiger partial charge < -0.3 is 16.0 Å². The highest BCUT2D eigenvalue weighted by Crippen LogP contribution is 2.32. The zero-order valence-electron chi connectivity index (χ0n) is 15.9. The highest BCUT2D eigenvalue weighted by Gasteiger charge is 2.37. The molecule has 3 rings (SSSR count). The lowest BCUT2D eigenvalue weighted by molar-refractivity contribution is -0.122. The predicted octanol–water partition coefficient (Wildman–Crippen LogP) is 3.81. The topological polar surface area (TPSA) is 75.4 Å². The van der Waals surface area contributed by atoms with E-state index < -0.39 is 5.54 Å². The molecule has 3 N–H and O–H groups in total. The fraction of sp³-hybridized carbons (Fsp3) is 0.364. The van der Waals surface area contributed by atoms with E-state index in [1.54, 1.807) is 36.2 Å². The summed E-state index contributed by atoms with van der Waals surface area (Å²) < 4.78 is 0. The minimum atomic E-state index is -0.483. The molecule has 2 unspecified atom stereocenters. The molecule has 0 bridgehead atoms. The van der Waals surface area contributed by atoms with Crippen molar-refractivity contribution < 1.29 is 9.59 Å². The van der Waals surface area contributed by atoms with Gasteiger partial charge >= 0.3 is 0 Å². The molecule has 0 aliphatic heterocycles. The van der Waals surface area contributed by atoms with Gasteiger partial charge in [-0.25, -0.2) is 0 Å². The Morgan fingerprint density at radius 3 is 2.56 bits per heavy atom. The highest BCUT2D eigenvalue weighted by molar-refractivity contribution is 6.06. The number of nitrogens with one attached hydrogen (secondary N) is 1. The molecule has 5 heteroatoms. The summed E-state index contributed by atoms with van der Waals surface area (Å²) in [6.07, 6.45) is 3.73. The maximum absolute atomic E-state index is 12.8. The van der Waals surface area contributed by atoms with Gasteiger partial charge in [-0.3, -0.25) is 9.59 Å². The van der Waals surface area contributed by atoms with Crippen LogP contribution in [0.5, 0.6) is 0 Å². The first kappa shape index (κ1) is 19.1. The van der Waals surface area contributed by atoms with Crippen molar-refractivity contribution in [2.75, 3.05) is 17.3 Å². The number of amides is 2. The second kappa shape index (κ2) is 7.92. The molecule has 2 aromatic rings. The summed E-state index contributed by atoms with van der Waals surface area (Å²) in [7, 11) is 1.74. The van der Waals surface area contributed by atoms with E-state index in [0.717, 1.165) is 31.4 Å². The number of carbonyl (C=O) groups is 2. The van der Waals surface area contributed by atoms with E-state index in [-0.39, 0.29) is 17.7 Å². The van der Waals surface area contributed by atoms with Crippen LogP contribution in [0.2, 0.25) is 0 Å². The molecule has 1 fully saturated rings. The second-order valence-corrected chi connectivity index (χ2v) is 7.57. The van der Waals surface area contributed by atoms with Crippen LogP contribution in [0.15, 0.2) is 54.6 Å². The third-order valence-electron chi connectivity index (χ3n) is 5.40. The van der Waals surface area contributed by atoms with Gasteiger partial charge in [0, 0.05) is 29.5 Å². The second-order valence-electron chi connectivity index (χ2n) is 7.57. The maximum atomic E-state index is 12.8. The number of nitrogens with two attached hydrogens (primary N) is 1. The molecule has 0 spiro atoms. The lowest BCUT2D eigenvalue weighted by Gasteiger charge is -2.37. The quantitative estimate of drug-likeness (QED) is 0.865. The van der Waals surface area contributed by atoms with Crippen LogP contribution in [0.4, 0.5) is 11.4 Å². The number of para-hydroxylation sites is 1. The molecule has 2 aromatic carbocycles. The number of nitrogens with zero attached hydrogens (tertiary/aromatic N) is 1. The molecule has 142 valence electrons. The number of hydrogen-bond donors (Lipinski definition) is 2. The van der Waals surface area contributed by atoms with E-state index in [1.807, 2.05) is 37.3 Å². The molecule has 0 heterocycles. The predicted molar refractivity (Wildman–Crippen MR) is 109 cm³/mol. The number of benzene rings is 2. The smallest absolute Gasteiger partial charge is 0.258 e. The van der Waals surface area contributed by atoms with Crippen molar-refractivity contribution in [2.24, 2.45) is 11.7 Å². The minimum Gasteiger partial charge on any atom is -0.326 e. The van der Waals surface area contributed by atoms with Gasteiger partial charge in [0.1, 0.15) is 0 Å². The molecule has 1 aliphatic rings. The van der Waals surface area contributed by atoms with Gasteiger partial charge in [-0.15, -0.1) is 0 Å². The van der Waals surface area contributed by atoms with Gasteiger partial charge in [0.05, 0.1) is 5.92 Å². The van der Waals surface area contributed by atoms with E-state index in [2.05, 4.69) is 5.32 Å². The zero-order valence-corrected chi connectivity index (χ0v) is 15.9. The summed E-state index contributed by atoms with van der Waals surface area (Å²) in [5, 5.41) is 2.95. The van der Waals surface area contributed by atoms with Gasteiger partial charge in [-0.05, 0) is 50.1 Å². The van der Waals surface area contributed by atoms with Gasteiger partial charge in [-0.1, -0.05) is 37.1 Å². The molecule has 5 nitrogen and oxygen atoms in total. The maximum Gasteiger partial charge on any atom is 0.258 e. The number of hydrogen-bond acceptors (Lipinski definition) is 3. The molecule has 27 heavy (non-hydrogen) atoms. The van der Waals surface area contributed by atoms with Crippen molar-refractivity contribution in [3.8, 4) is 0 Å². The van der Waals surface area contributed by atoms with E-state index in [1.165, 1.54) is 0 Å². The van der Waals surface area contributed by atoms with Crippen LogP contribution in [-0.4, -0.2) is 24.4 Å². The van der Waals surface area contributed by atoms with Crippen LogP contribution in [0.3, 0.4) is 0 Å². The summed E-state index contributed by atoms with van der Waals surface area (Å²) >= 11 is 0. The first-order valence-electron chi connectivity index (χ1n) is 9.41. The van der Waals surface area contributed by atoms with Crippen molar-refractivity contribution in [3.63, 3.8) is 0 Å². The molecule has 2 amide bonds. The molecule has 2 atom stereocenters. The molecular weight excluding hydrogens is 338 g/mol. The Morgan fingerprint density at radius 2 is 1.85 bits per heavy atom. The molecule has 1 aliphatic carbocycles. The average molecular weight is 365 g/mol. The lowest BCUT2D eigenvalue weighted by Crippen LogP contribution is -2.51. The normalized spacial score (nSPS) is 22.1. The number of carbonyl (C=O) groups excluding carboxylic acids is 2. The van der Waals surface area contributed by atoms with Gasteiger partial charge in [0.25, 0.3) is 5.91 Å². The van der Waals surface area contributed by atoms with Crippen molar-refractivity contribution in [3.05, 3.63) is 60.2 Å². The van der Waals surface area contributed by atoms with Crippen molar-refractivity contribution in [1.29, 1.82) is 0 Å². The Kier molecular flexibility index (Phi) is 5.61. The van der Waals surface area contributed by atoms with Gasteiger partial charge in [-0.2, -0.15) is 0 Å². The first-order valence-corrected chi connectivity index (χ1v) is 9.41. The standard InChI is InChI=1S/C22H27N3O2/c1-22(23)14-7-6-13-19(22)20(26)24-17-10-8-9-16(15-17)21(27)25(2)18-11-4-3-5-12-18/h3-5,8-12,15,19H,6-7,13-14,23H2,1-2H3,(H,24,26). The van der Waals surface area contributed by atoms with Crippen LogP contribution in [0.1, 0.15) is 43.0 Å². The Labute approximate surface area is 160 Å².